The minimum atomic E-state index is -1.10. The number of nitrogens with one attached hydrogen (secondary N) is 1. The van der Waals surface area contributed by atoms with Crippen LogP contribution in [0.2, 0.25) is 0 Å². The summed E-state index contributed by atoms with van der Waals surface area (Å²) in [5.74, 6) is -1.61. The predicted molar refractivity (Wildman–Crippen MR) is 68.5 cm³/mol. The number of aliphatic carboxylic acids is 1. The van der Waals surface area contributed by atoms with Crippen LogP contribution in [0.5, 0.6) is 0 Å². The lowest BCUT2D eigenvalue weighted by molar-refractivity contribution is -0.138. The first-order chi connectivity index (χ1) is 8.56. The molecule has 1 heterocycles. The van der Waals surface area contributed by atoms with Crippen LogP contribution in [0.25, 0.3) is 10.2 Å². The summed E-state index contributed by atoms with van der Waals surface area (Å²) in [5, 5.41) is 11.1. The van der Waals surface area contributed by atoms with Crippen molar-refractivity contribution in [2.75, 3.05) is 5.32 Å². The normalized spacial score (nSPS) is 12.3. The number of thiazole rings is 1. The smallest absolute Gasteiger partial charge is 0.305 e. The molecular weight excluding hydrogens is 254 g/mol. The highest BCUT2D eigenvalue weighted by Gasteiger charge is 2.17. The molecule has 0 aliphatic carbocycles. The van der Waals surface area contributed by atoms with Crippen molar-refractivity contribution >= 4 is 39.1 Å². The van der Waals surface area contributed by atoms with E-state index in [1.807, 2.05) is 0 Å². The number of nitrogens with zero attached hydrogens (tertiary/aromatic N) is 1. The van der Waals surface area contributed by atoms with Crippen molar-refractivity contribution in [2.24, 2.45) is 5.73 Å². The van der Waals surface area contributed by atoms with Crippen LogP contribution >= 0.6 is 11.3 Å². The fraction of sp³-hybridized carbons (Fsp3) is 0.182. The van der Waals surface area contributed by atoms with Gasteiger partial charge in [-0.25, -0.2) is 4.98 Å². The Labute approximate surface area is 106 Å². The number of fused-ring (bicyclic) bond motifs is 1. The Hall–Kier alpha value is -1.99. The first kappa shape index (κ1) is 12.5. The summed E-state index contributed by atoms with van der Waals surface area (Å²) in [6, 6.07) is 4.20. The van der Waals surface area contributed by atoms with Gasteiger partial charge in [0.1, 0.15) is 0 Å². The van der Waals surface area contributed by atoms with Crippen molar-refractivity contribution in [1.82, 2.24) is 4.98 Å². The van der Waals surface area contributed by atoms with Crippen LogP contribution in [-0.2, 0) is 9.59 Å². The van der Waals surface area contributed by atoms with Crippen molar-refractivity contribution in [1.29, 1.82) is 0 Å². The van der Waals surface area contributed by atoms with E-state index >= 15 is 0 Å². The highest BCUT2D eigenvalue weighted by atomic mass is 32.1. The van der Waals surface area contributed by atoms with Gasteiger partial charge in [0.15, 0.2) is 0 Å². The molecule has 6 nitrogen and oxygen atoms in total. The number of hydrogen-bond donors (Lipinski definition) is 3. The van der Waals surface area contributed by atoms with Gasteiger partial charge < -0.3 is 16.2 Å². The van der Waals surface area contributed by atoms with Gasteiger partial charge in [0.25, 0.3) is 0 Å². The summed E-state index contributed by atoms with van der Waals surface area (Å²) >= 11 is 1.46. The Morgan fingerprint density at radius 3 is 3.00 bits per heavy atom. The molecule has 0 radical (unpaired) electrons. The molecule has 0 bridgehead atoms. The van der Waals surface area contributed by atoms with Gasteiger partial charge in [0.2, 0.25) is 5.91 Å². The molecule has 4 N–H and O–H groups in total. The molecule has 18 heavy (non-hydrogen) atoms. The molecule has 1 atom stereocenters. The standard InChI is InChI=1S/C11H11N3O3S/c12-7(4-10(15)16)11(17)14-6-1-2-8-9(3-6)18-5-13-8/h1-3,5,7H,4,12H2,(H,14,17)(H,15,16). The van der Waals surface area contributed by atoms with Crippen LogP contribution in [-0.4, -0.2) is 28.0 Å². The van der Waals surface area contributed by atoms with Gasteiger partial charge in [-0.1, -0.05) is 0 Å². The van der Waals surface area contributed by atoms with Gasteiger partial charge in [-0.3, -0.25) is 9.59 Å². The van der Waals surface area contributed by atoms with Gasteiger partial charge in [-0.2, -0.15) is 0 Å². The number of benzene rings is 1. The van der Waals surface area contributed by atoms with E-state index < -0.39 is 24.3 Å². The first-order valence-corrected chi connectivity index (χ1v) is 6.05. The van der Waals surface area contributed by atoms with E-state index in [2.05, 4.69) is 10.3 Å². The summed E-state index contributed by atoms with van der Waals surface area (Å²) in [5.41, 5.74) is 8.61. The summed E-state index contributed by atoms with van der Waals surface area (Å²) in [6.45, 7) is 0. The van der Waals surface area contributed by atoms with E-state index in [9.17, 15) is 9.59 Å². The molecular formula is C11H11N3O3S. The molecule has 7 heteroatoms. The fourth-order valence-electron chi connectivity index (χ4n) is 1.45. The van der Waals surface area contributed by atoms with E-state index in [4.69, 9.17) is 10.8 Å². The average molecular weight is 265 g/mol. The predicted octanol–water partition coefficient (Wildman–Crippen LogP) is 1.04. The van der Waals surface area contributed by atoms with Gasteiger partial charge in [0.05, 0.1) is 28.2 Å². The van der Waals surface area contributed by atoms with Crippen molar-refractivity contribution in [3.8, 4) is 0 Å². The molecule has 2 aromatic rings. The van der Waals surface area contributed by atoms with Gasteiger partial charge in [-0.05, 0) is 18.2 Å². The second-order valence-electron chi connectivity index (χ2n) is 3.73. The third kappa shape index (κ3) is 2.82. The maximum atomic E-state index is 11.6. The number of rotatable bonds is 4. The number of aromatic nitrogens is 1. The molecule has 0 saturated carbocycles. The van der Waals surface area contributed by atoms with E-state index in [0.717, 1.165) is 10.2 Å². The maximum Gasteiger partial charge on any atom is 0.305 e. The maximum absolute atomic E-state index is 11.6. The molecule has 1 aromatic heterocycles. The number of carboxylic acids is 1. The van der Waals surface area contributed by atoms with Crippen LogP contribution in [0.1, 0.15) is 6.42 Å². The minimum absolute atomic E-state index is 0.394. The van der Waals surface area contributed by atoms with E-state index in [0.29, 0.717) is 5.69 Å². The Morgan fingerprint density at radius 2 is 2.28 bits per heavy atom. The van der Waals surface area contributed by atoms with Crippen molar-refractivity contribution in [2.45, 2.75) is 12.5 Å². The monoisotopic (exact) mass is 265 g/mol. The minimum Gasteiger partial charge on any atom is -0.481 e. The SMILES string of the molecule is NC(CC(=O)O)C(=O)Nc1ccc2ncsc2c1. The van der Waals surface area contributed by atoms with Crippen LogP contribution in [0.4, 0.5) is 5.69 Å². The van der Waals surface area contributed by atoms with Crippen LogP contribution in [0.15, 0.2) is 23.7 Å². The molecule has 0 aliphatic rings. The fourth-order valence-corrected chi connectivity index (χ4v) is 2.16. The number of nitrogens with two attached hydrogens (primary N) is 1. The quantitative estimate of drug-likeness (QED) is 0.766. The summed E-state index contributed by atoms with van der Waals surface area (Å²) < 4.78 is 0.944. The zero-order valence-corrected chi connectivity index (χ0v) is 10.1. The van der Waals surface area contributed by atoms with Crippen molar-refractivity contribution < 1.29 is 14.7 Å². The molecule has 0 aliphatic heterocycles. The van der Waals surface area contributed by atoms with E-state index in [1.165, 1.54) is 11.3 Å². The third-order valence-corrected chi connectivity index (χ3v) is 3.12. The summed E-state index contributed by atoms with van der Waals surface area (Å²) in [7, 11) is 0. The highest BCUT2D eigenvalue weighted by Crippen LogP contribution is 2.21. The lowest BCUT2D eigenvalue weighted by Gasteiger charge is -2.09. The molecule has 1 aromatic carbocycles. The number of hydrogen-bond acceptors (Lipinski definition) is 5. The Balaban J connectivity index is 2.08. The molecule has 2 rings (SSSR count). The Morgan fingerprint density at radius 1 is 1.50 bits per heavy atom. The zero-order valence-electron chi connectivity index (χ0n) is 9.29. The number of carboxylic acid groups (broad SMARTS) is 1. The Kier molecular flexibility index (Phi) is 3.54. The van der Waals surface area contributed by atoms with Crippen molar-refractivity contribution in [3.05, 3.63) is 23.7 Å². The van der Waals surface area contributed by atoms with Crippen LogP contribution in [0, 0.1) is 0 Å². The second-order valence-corrected chi connectivity index (χ2v) is 4.61. The van der Waals surface area contributed by atoms with Gasteiger partial charge in [0, 0.05) is 5.69 Å². The number of anilines is 1. The molecule has 0 saturated heterocycles. The third-order valence-electron chi connectivity index (χ3n) is 2.33. The number of carbonyl (C=O) groups excluding carboxylic acids is 1. The number of amides is 1. The highest BCUT2D eigenvalue weighted by molar-refractivity contribution is 7.16. The first-order valence-electron chi connectivity index (χ1n) is 5.18. The average Bonchev–Trinajstić information content (AvgIpc) is 2.75. The summed E-state index contributed by atoms with van der Waals surface area (Å²) in [4.78, 5) is 26.2. The van der Waals surface area contributed by atoms with Crippen LogP contribution < -0.4 is 11.1 Å². The van der Waals surface area contributed by atoms with E-state index in [1.54, 1.807) is 23.7 Å². The van der Waals surface area contributed by atoms with Gasteiger partial charge >= 0.3 is 5.97 Å². The largest absolute Gasteiger partial charge is 0.481 e. The van der Waals surface area contributed by atoms with Gasteiger partial charge in [-0.15, -0.1) is 11.3 Å². The Bertz CT molecular complexity index is 596. The molecule has 94 valence electrons. The molecule has 1 amide bonds. The molecule has 0 fully saturated rings. The van der Waals surface area contributed by atoms with Crippen LogP contribution in [0.3, 0.4) is 0 Å². The zero-order chi connectivity index (χ0) is 13.1. The molecule has 1 unspecified atom stereocenters. The molecule has 0 spiro atoms. The van der Waals surface area contributed by atoms with Crippen molar-refractivity contribution in [3.63, 3.8) is 0 Å². The lowest BCUT2D eigenvalue weighted by Crippen LogP contribution is -2.37. The lowest BCUT2D eigenvalue weighted by atomic mass is 10.2. The number of carbonyl (C=O) groups is 2. The topological polar surface area (TPSA) is 105 Å². The second kappa shape index (κ2) is 5.11. The van der Waals surface area contributed by atoms with E-state index in [-0.39, 0.29) is 0 Å². The summed E-state index contributed by atoms with van der Waals surface area (Å²) in [6.07, 6.45) is -0.394.